The first kappa shape index (κ1) is 21.0. The predicted octanol–water partition coefficient (Wildman–Crippen LogP) is 5.85. The number of thiophene rings is 2. The maximum Gasteiger partial charge on any atom is 0.209 e. The topological polar surface area (TPSA) is 43.1 Å². The van der Waals surface area contributed by atoms with Gasteiger partial charge in [-0.2, -0.15) is 4.58 Å². The van der Waals surface area contributed by atoms with Crippen LogP contribution in [0.3, 0.4) is 0 Å². The fraction of sp³-hybridized carbons (Fsp3) is 0.360. The number of fused-ring (bicyclic) bond motifs is 1. The van der Waals surface area contributed by atoms with Crippen molar-refractivity contribution >= 4 is 40.0 Å². The van der Waals surface area contributed by atoms with Crippen LogP contribution in [0.1, 0.15) is 52.0 Å². The molecular weight excluding hydrogens is 410 g/mol. The molecule has 0 atom stereocenters. The molecule has 0 radical (unpaired) electrons. The van der Waals surface area contributed by atoms with Gasteiger partial charge < -0.3 is 9.90 Å². The van der Waals surface area contributed by atoms with E-state index in [9.17, 15) is 9.90 Å². The van der Waals surface area contributed by atoms with Crippen molar-refractivity contribution in [2.24, 2.45) is 0 Å². The highest BCUT2D eigenvalue weighted by atomic mass is 32.1. The van der Waals surface area contributed by atoms with Gasteiger partial charge in [-0.3, -0.25) is 0 Å². The first-order valence-electron chi connectivity index (χ1n) is 10.5. The van der Waals surface area contributed by atoms with Crippen molar-refractivity contribution in [3.63, 3.8) is 0 Å². The van der Waals surface area contributed by atoms with Crippen molar-refractivity contribution in [3.05, 3.63) is 53.4 Å². The molecule has 3 heterocycles. The van der Waals surface area contributed by atoms with Crippen molar-refractivity contribution in [1.29, 1.82) is 0 Å². The molecule has 2 aromatic heterocycles. The number of carboxylic acids is 1. The molecule has 0 fully saturated rings. The lowest BCUT2D eigenvalue weighted by atomic mass is 9.81. The van der Waals surface area contributed by atoms with Crippen LogP contribution in [0.2, 0.25) is 0 Å². The Labute approximate surface area is 186 Å². The number of carboxylic acid groups (broad SMARTS) is 1. The smallest absolute Gasteiger partial charge is 0.209 e. The summed E-state index contributed by atoms with van der Waals surface area (Å²) in [5, 5.41) is 12.7. The van der Waals surface area contributed by atoms with Crippen LogP contribution in [0.15, 0.2) is 47.8 Å². The first-order chi connectivity index (χ1) is 14.4. The van der Waals surface area contributed by atoms with E-state index in [1.54, 1.807) is 11.3 Å². The molecule has 1 aromatic carbocycles. The van der Waals surface area contributed by atoms with E-state index in [-0.39, 0.29) is 11.8 Å². The second kappa shape index (κ2) is 8.48. The summed E-state index contributed by atoms with van der Waals surface area (Å²) in [6.45, 7) is 7.75. The van der Waals surface area contributed by atoms with Gasteiger partial charge in [0.15, 0.2) is 5.71 Å². The number of nitrogens with zero attached hydrogens (tertiary/aromatic N) is 1. The number of rotatable bonds is 8. The molecule has 0 unspecified atom stereocenters. The van der Waals surface area contributed by atoms with E-state index >= 15 is 0 Å². The van der Waals surface area contributed by atoms with Gasteiger partial charge in [-0.1, -0.05) is 6.07 Å². The minimum absolute atomic E-state index is 0.00975. The Balaban J connectivity index is 1.55. The summed E-state index contributed by atoms with van der Waals surface area (Å²) in [7, 11) is 0. The fourth-order valence-corrected chi connectivity index (χ4v) is 6.02. The summed E-state index contributed by atoms with van der Waals surface area (Å²) < 4.78 is 2.42. The third-order valence-corrected chi connectivity index (χ3v) is 8.39. The van der Waals surface area contributed by atoms with Crippen molar-refractivity contribution < 1.29 is 14.5 Å². The number of carbonyl (C=O) groups is 1. The minimum Gasteiger partial charge on any atom is -0.550 e. The highest BCUT2D eigenvalue weighted by molar-refractivity contribution is 7.23. The van der Waals surface area contributed by atoms with E-state index < -0.39 is 5.97 Å². The van der Waals surface area contributed by atoms with E-state index in [0.29, 0.717) is 6.42 Å². The molecule has 3 aromatic rings. The van der Waals surface area contributed by atoms with E-state index in [1.807, 2.05) is 11.3 Å². The Morgan fingerprint density at radius 1 is 1.03 bits per heavy atom. The molecule has 0 spiro atoms. The van der Waals surface area contributed by atoms with E-state index in [4.69, 9.17) is 0 Å². The van der Waals surface area contributed by atoms with Crippen molar-refractivity contribution in [2.45, 2.75) is 51.9 Å². The highest BCUT2D eigenvalue weighted by Gasteiger charge is 2.42. The fourth-order valence-electron chi connectivity index (χ4n) is 4.19. The molecule has 0 saturated heterocycles. The zero-order chi connectivity index (χ0) is 21.3. The Hall–Kier alpha value is -2.24. The zero-order valence-electron chi connectivity index (χ0n) is 17.7. The molecule has 1 aliphatic heterocycles. The van der Waals surface area contributed by atoms with Crippen LogP contribution in [0, 0.1) is 0 Å². The van der Waals surface area contributed by atoms with Crippen LogP contribution in [0.25, 0.3) is 20.2 Å². The molecule has 0 N–H and O–H groups in total. The van der Waals surface area contributed by atoms with Crippen LogP contribution in [-0.4, -0.2) is 22.8 Å². The standard InChI is InChI=1S/C25H27NO2S2/c1-17-25(2,3)19-16-18(21-12-13-23(30-21)22-8-7-15-29-22)10-11-20(19)26(17)14-6-4-5-9-24(27)28/h7-8,10-13,15-16H,4-6,9,14H2,1-3H3. The van der Waals surface area contributed by atoms with Gasteiger partial charge in [0.2, 0.25) is 5.69 Å². The third-order valence-electron chi connectivity index (χ3n) is 6.19. The average molecular weight is 438 g/mol. The summed E-state index contributed by atoms with van der Waals surface area (Å²) in [5.41, 5.74) is 5.29. The number of aliphatic carboxylic acids is 1. The molecule has 0 saturated carbocycles. The second-order valence-corrected chi connectivity index (χ2v) is 10.4. The molecule has 0 amide bonds. The number of hydrogen-bond donors (Lipinski definition) is 0. The summed E-state index contributed by atoms with van der Waals surface area (Å²) >= 11 is 3.63. The normalized spacial score (nSPS) is 14.9. The third kappa shape index (κ3) is 4.01. The van der Waals surface area contributed by atoms with Crippen LogP contribution in [-0.2, 0) is 10.2 Å². The number of carbonyl (C=O) groups excluding carboxylic acids is 1. The van der Waals surface area contributed by atoms with Crippen LogP contribution in [0.4, 0.5) is 5.69 Å². The Kier molecular flexibility index (Phi) is 5.94. The van der Waals surface area contributed by atoms with Gasteiger partial charge in [-0.15, -0.1) is 22.7 Å². The van der Waals surface area contributed by atoms with Crippen LogP contribution >= 0.6 is 22.7 Å². The molecule has 30 heavy (non-hydrogen) atoms. The molecule has 3 nitrogen and oxygen atoms in total. The van der Waals surface area contributed by atoms with Crippen molar-refractivity contribution in [3.8, 4) is 20.2 Å². The molecule has 5 heteroatoms. The van der Waals surface area contributed by atoms with Gasteiger partial charge in [0.1, 0.15) is 6.54 Å². The monoisotopic (exact) mass is 437 g/mol. The van der Waals surface area contributed by atoms with Gasteiger partial charge in [0.25, 0.3) is 0 Å². The lowest BCUT2D eigenvalue weighted by molar-refractivity contribution is -0.439. The maximum absolute atomic E-state index is 10.6. The van der Waals surface area contributed by atoms with Gasteiger partial charge in [-0.05, 0) is 74.4 Å². The van der Waals surface area contributed by atoms with Crippen molar-refractivity contribution in [1.82, 2.24) is 0 Å². The van der Waals surface area contributed by atoms with E-state index in [2.05, 4.69) is 73.2 Å². The summed E-state index contributed by atoms with van der Waals surface area (Å²) in [6, 6.07) is 15.6. The van der Waals surface area contributed by atoms with Crippen LogP contribution < -0.4 is 5.11 Å². The first-order valence-corrected chi connectivity index (χ1v) is 12.2. The Morgan fingerprint density at radius 2 is 1.83 bits per heavy atom. The average Bonchev–Trinajstić information content (AvgIpc) is 3.44. The SMILES string of the molecule is CC1=[N+](CCCCCC(=O)[O-])c2ccc(-c3ccc(-c4cccs4)s3)cc2C1(C)C. The molecule has 0 bridgehead atoms. The molecule has 0 aliphatic carbocycles. The molecular formula is C25H27NO2S2. The largest absolute Gasteiger partial charge is 0.550 e. The van der Waals surface area contributed by atoms with Crippen molar-refractivity contribution in [2.75, 3.05) is 6.54 Å². The van der Waals surface area contributed by atoms with Gasteiger partial charge in [0.05, 0.1) is 5.41 Å². The predicted molar refractivity (Wildman–Crippen MR) is 125 cm³/mol. The number of benzene rings is 1. The Bertz CT molecular complexity index is 1090. The molecule has 156 valence electrons. The summed E-state index contributed by atoms with van der Waals surface area (Å²) in [5.74, 6) is -0.950. The lowest BCUT2D eigenvalue weighted by Gasteiger charge is -2.15. The van der Waals surface area contributed by atoms with E-state index in [0.717, 1.165) is 19.4 Å². The lowest BCUT2D eigenvalue weighted by Crippen LogP contribution is -2.26. The minimum atomic E-state index is -0.950. The summed E-state index contributed by atoms with van der Waals surface area (Å²) in [6.07, 6.45) is 2.74. The molecule has 4 rings (SSSR count). The van der Waals surface area contributed by atoms with Crippen LogP contribution in [0.5, 0.6) is 0 Å². The number of hydrogen-bond acceptors (Lipinski definition) is 4. The maximum atomic E-state index is 10.6. The second-order valence-electron chi connectivity index (χ2n) is 8.42. The van der Waals surface area contributed by atoms with Gasteiger partial charge in [-0.25, -0.2) is 0 Å². The van der Waals surface area contributed by atoms with Gasteiger partial charge >= 0.3 is 0 Å². The molecule has 1 aliphatic rings. The summed E-state index contributed by atoms with van der Waals surface area (Å²) in [4.78, 5) is 14.6. The zero-order valence-corrected chi connectivity index (χ0v) is 19.4. The van der Waals surface area contributed by atoms with Gasteiger partial charge in [0, 0.05) is 45.6 Å². The number of unbranched alkanes of at least 4 members (excludes halogenated alkanes) is 2. The Morgan fingerprint density at radius 3 is 2.57 bits per heavy atom. The quantitative estimate of drug-likeness (QED) is 0.328. The highest BCUT2D eigenvalue weighted by Crippen LogP contribution is 2.43. The van der Waals surface area contributed by atoms with E-state index in [1.165, 1.54) is 37.2 Å².